The zero-order valence-corrected chi connectivity index (χ0v) is 33.2. The van der Waals surface area contributed by atoms with E-state index in [1.54, 1.807) is 73.7 Å². The van der Waals surface area contributed by atoms with Gasteiger partial charge in [-0.15, -0.1) is 0 Å². The summed E-state index contributed by atoms with van der Waals surface area (Å²) in [7, 11) is -1.27. The first-order valence-electron chi connectivity index (χ1n) is 18.3. The lowest BCUT2D eigenvalue weighted by molar-refractivity contribution is 0.0718. The van der Waals surface area contributed by atoms with Crippen molar-refractivity contribution < 1.29 is 28.5 Å². The normalized spacial score (nSPS) is 14.6. The summed E-state index contributed by atoms with van der Waals surface area (Å²) >= 11 is 0. The Morgan fingerprint density at radius 1 is 0.588 bits per heavy atom. The first kappa shape index (κ1) is 41.8. The number of ether oxygens (including phenoxy) is 4. The van der Waals surface area contributed by atoms with E-state index in [0.717, 1.165) is 37.2 Å². The zero-order chi connectivity index (χ0) is 37.1. The molecule has 0 aliphatic carbocycles. The number of hydrogen-bond acceptors (Lipinski definition) is 6. The minimum absolute atomic E-state index is 0.366. The average molecular weight is 737 g/mol. The Kier molecular flexibility index (Phi) is 17.8. The second-order valence-electron chi connectivity index (χ2n) is 13.3. The van der Waals surface area contributed by atoms with Gasteiger partial charge in [0, 0.05) is 0 Å². The third-order valence-corrected chi connectivity index (χ3v) is 16.1. The van der Waals surface area contributed by atoms with Gasteiger partial charge in [-0.1, -0.05) is 63.5 Å². The summed E-state index contributed by atoms with van der Waals surface area (Å²) in [5.74, 6) is 6.20. The molecule has 0 aliphatic heterocycles. The molecule has 0 saturated heterocycles. The SMILES string of the molecule is C=CS(C)(CC)CCCCCCOc1ccc(C(=O)Oc2ccc(OC(=O)c3ccc(OCCCCCCS(C)(C=C)CC)cc3)c(C)c2)cc1. The lowest BCUT2D eigenvalue weighted by Gasteiger charge is -2.30. The van der Waals surface area contributed by atoms with Crippen LogP contribution in [0, 0.1) is 6.92 Å². The van der Waals surface area contributed by atoms with E-state index in [1.807, 2.05) is 0 Å². The molecule has 3 rings (SSSR count). The molecular weight excluding hydrogens is 677 g/mol. The van der Waals surface area contributed by atoms with Crippen LogP contribution in [0.1, 0.15) is 91.5 Å². The van der Waals surface area contributed by atoms with Crippen LogP contribution in [-0.4, -0.2) is 60.7 Å². The van der Waals surface area contributed by atoms with Crippen molar-refractivity contribution in [2.75, 3.05) is 48.7 Å². The summed E-state index contributed by atoms with van der Waals surface area (Å²) in [5.41, 5.74) is 1.52. The molecule has 0 fully saturated rings. The van der Waals surface area contributed by atoms with E-state index in [1.165, 1.54) is 48.7 Å². The van der Waals surface area contributed by atoms with Crippen molar-refractivity contribution in [3.05, 3.63) is 107 Å². The van der Waals surface area contributed by atoms with Crippen LogP contribution in [0.4, 0.5) is 0 Å². The number of esters is 2. The van der Waals surface area contributed by atoms with Crippen molar-refractivity contribution in [2.24, 2.45) is 0 Å². The van der Waals surface area contributed by atoms with Gasteiger partial charge < -0.3 is 18.9 Å². The van der Waals surface area contributed by atoms with Gasteiger partial charge in [0.2, 0.25) is 0 Å². The molecule has 3 aromatic carbocycles. The maximum absolute atomic E-state index is 12.8. The standard InChI is InChI=1S/C43H60O6S2/c1-8-50(6,9-2)32-18-14-12-16-30-46-38-24-20-36(21-25-38)42(44)48-40-28-29-41(35(5)34-40)49-43(45)37-22-26-39(27-23-37)47-31-17-13-15-19-33-51(7,10-3)11-4/h8,10,20-29,34H,1,3,9,11-19,30-33H2,2,4-7H3. The number of carbonyl (C=O) groups is 2. The molecule has 0 spiro atoms. The van der Waals surface area contributed by atoms with Gasteiger partial charge in [-0.05, 0) is 140 Å². The molecule has 6 nitrogen and oxygen atoms in total. The third-order valence-electron chi connectivity index (χ3n) is 9.41. The van der Waals surface area contributed by atoms with Crippen molar-refractivity contribution in [1.82, 2.24) is 0 Å². The molecule has 0 N–H and O–H groups in total. The summed E-state index contributed by atoms with van der Waals surface area (Å²) in [4.78, 5) is 25.6. The molecule has 2 unspecified atom stereocenters. The monoisotopic (exact) mass is 736 g/mol. The van der Waals surface area contributed by atoms with E-state index >= 15 is 0 Å². The van der Waals surface area contributed by atoms with Gasteiger partial charge in [-0.25, -0.2) is 29.6 Å². The van der Waals surface area contributed by atoms with Crippen LogP contribution in [0.5, 0.6) is 23.0 Å². The summed E-state index contributed by atoms with van der Waals surface area (Å²) < 4.78 is 23.0. The van der Waals surface area contributed by atoms with Gasteiger partial charge in [-0.3, -0.25) is 0 Å². The van der Waals surface area contributed by atoms with Crippen molar-refractivity contribution in [3.63, 3.8) is 0 Å². The average Bonchev–Trinajstić information content (AvgIpc) is 3.15. The highest BCUT2D eigenvalue weighted by Crippen LogP contribution is 2.46. The Bertz CT molecular complexity index is 1540. The smallest absolute Gasteiger partial charge is 0.343 e. The minimum Gasteiger partial charge on any atom is -0.494 e. The largest absolute Gasteiger partial charge is 0.494 e. The molecule has 51 heavy (non-hydrogen) atoms. The summed E-state index contributed by atoms with van der Waals surface area (Å²) in [5, 5.41) is 4.34. The molecule has 0 amide bonds. The zero-order valence-electron chi connectivity index (χ0n) is 31.6. The van der Waals surface area contributed by atoms with Crippen molar-refractivity contribution in [1.29, 1.82) is 0 Å². The third kappa shape index (κ3) is 14.5. The molecule has 0 heterocycles. The summed E-state index contributed by atoms with van der Waals surface area (Å²) in [6.45, 7) is 15.6. The Hall–Kier alpha value is -3.62. The molecule has 0 bridgehead atoms. The Labute approximate surface area is 310 Å². The van der Waals surface area contributed by atoms with Gasteiger partial charge in [-0.2, -0.15) is 0 Å². The maximum Gasteiger partial charge on any atom is 0.343 e. The topological polar surface area (TPSA) is 71.1 Å². The second-order valence-corrected chi connectivity index (χ2v) is 21.3. The van der Waals surface area contributed by atoms with E-state index < -0.39 is 32.0 Å². The predicted molar refractivity (Wildman–Crippen MR) is 220 cm³/mol. The molecule has 0 aliphatic rings. The van der Waals surface area contributed by atoms with E-state index in [9.17, 15) is 9.59 Å². The van der Waals surface area contributed by atoms with Crippen LogP contribution in [0.3, 0.4) is 0 Å². The molecule has 0 aromatic heterocycles. The molecule has 280 valence electrons. The van der Waals surface area contributed by atoms with Crippen molar-refractivity contribution in [2.45, 2.75) is 72.1 Å². The fourth-order valence-electron chi connectivity index (χ4n) is 5.35. The number of carbonyl (C=O) groups excluding carboxylic acids is 2. The second kappa shape index (κ2) is 21.7. The van der Waals surface area contributed by atoms with Crippen LogP contribution in [0.25, 0.3) is 0 Å². The van der Waals surface area contributed by atoms with Gasteiger partial charge in [0.15, 0.2) is 0 Å². The molecule has 3 aromatic rings. The van der Waals surface area contributed by atoms with Crippen LogP contribution >= 0.6 is 20.1 Å². The molecular formula is C43H60O6S2. The number of hydrogen-bond donors (Lipinski definition) is 0. The lowest BCUT2D eigenvalue weighted by atomic mass is 10.2. The highest BCUT2D eigenvalue weighted by Gasteiger charge is 2.15. The first-order valence-corrected chi connectivity index (χ1v) is 23.1. The summed E-state index contributed by atoms with van der Waals surface area (Å²) in [6, 6.07) is 18.9. The molecule has 0 radical (unpaired) electrons. The number of rotatable bonds is 24. The molecule has 8 heteroatoms. The van der Waals surface area contributed by atoms with E-state index in [4.69, 9.17) is 18.9 Å². The minimum atomic E-state index is -0.637. The lowest BCUT2D eigenvalue weighted by Crippen LogP contribution is -2.10. The van der Waals surface area contributed by atoms with E-state index in [2.05, 4.69) is 50.3 Å². The molecule has 0 saturated carbocycles. The number of benzene rings is 3. The van der Waals surface area contributed by atoms with Crippen LogP contribution in [-0.2, 0) is 0 Å². The van der Waals surface area contributed by atoms with Crippen LogP contribution in [0.15, 0.2) is 90.7 Å². The Balaban J connectivity index is 1.37. The Morgan fingerprint density at radius 2 is 1.00 bits per heavy atom. The first-order chi connectivity index (χ1) is 24.5. The fourth-order valence-corrected chi connectivity index (χ4v) is 8.45. The highest BCUT2D eigenvalue weighted by molar-refractivity contribution is 8.35. The van der Waals surface area contributed by atoms with Crippen LogP contribution in [0.2, 0.25) is 0 Å². The van der Waals surface area contributed by atoms with E-state index in [0.29, 0.717) is 41.4 Å². The van der Waals surface area contributed by atoms with Crippen molar-refractivity contribution in [3.8, 4) is 23.0 Å². The van der Waals surface area contributed by atoms with Gasteiger partial charge in [0.1, 0.15) is 23.0 Å². The highest BCUT2D eigenvalue weighted by atomic mass is 32.3. The van der Waals surface area contributed by atoms with Gasteiger partial charge in [0.25, 0.3) is 0 Å². The number of aryl methyl sites for hydroxylation is 1. The van der Waals surface area contributed by atoms with Gasteiger partial charge >= 0.3 is 11.9 Å². The predicted octanol–water partition coefficient (Wildman–Crippen LogP) is 11.5. The quantitative estimate of drug-likeness (QED) is 0.0518. The maximum atomic E-state index is 12.8. The van der Waals surface area contributed by atoms with Gasteiger partial charge in [0.05, 0.1) is 24.3 Å². The fraction of sp³-hybridized carbons (Fsp3) is 0.442. The van der Waals surface area contributed by atoms with E-state index in [-0.39, 0.29) is 0 Å². The Morgan fingerprint density at radius 3 is 1.41 bits per heavy atom. The van der Waals surface area contributed by atoms with Crippen molar-refractivity contribution >= 4 is 32.0 Å². The van der Waals surface area contributed by atoms with Crippen LogP contribution < -0.4 is 18.9 Å². The number of unbranched alkanes of at least 4 members (excludes halogenated alkanes) is 6. The summed E-state index contributed by atoms with van der Waals surface area (Å²) in [6.07, 6.45) is 13.9. The molecule has 2 atom stereocenters.